The number of carbonyl (C=O) groups excluding carboxylic acids is 1. The molecule has 1 amide bonds. The predicted octanol–water partition coefficient (Wildman–Crippen LogP) is 2.91. The molecule has 1 unspecified atom stereocenters. The van der Waals surface area contributed by atoms with Crippen molar-refractivity contribution in [1.82, 2.24) is 5.32 Å². The van der Waals surface area contributed by atoms with E-state index < -0.39 is 17.9 Å². The Morgan fingerprint density at radius 1 is 1.12 bits per heavy atom. The molecule has 0 aromatic heterocycles. The third kappa shape index (κ3) is 5.24. The molecule has 2 N–H and O–H groups in total. The van der Waals surface area contributed by atoms with Gasteiger partial charge in [-0.1, -0.05) is 30.3 Å². The van der Waals surface area contributed by atoms with Gasteiger partial charge in [0.15, 0.2) is 0 Å². The summed E-state index contributed by atoms with van der Waals surface area (Å²) in [6.45, 7) is 3.69. The number of nitrogens with one attached hydrogen (secondary N) is 1. The number of aliphatic carboxylic acids is 1. The van der Waals surface area contributed by atoms with Crippen LogP contribution in [0.25, 0.3) is 0 Å². The Bertz CT molecular complexity index is 758. The molecule has 0 spiro atoms. The highest BCUT2D eigenvalue weighted by molar-refractivity contribution is 5.99. The van der Waals surface area contributed by atoms with E-state index in [1.165, 1.54) is 7.11 Å². The van der Waals surface area contributed by atoms with Gasteiger partial charge in [-0.25, -0.2) is 4.79 Å². The van der Waals surface area contributed by atoms with E-state index in [0.29, 0.717) is 11.5 Å². The summed E-state index contributed by atoms with van der Waals surface area (Å²) in [4.78, 5) is 24.2. The van der Waals surface area contributed by atoms with Crippen LogP contribution in [0.3, 0.4) is 0 Å². The molecule has 0 aliphatic rings. The Labute approximate surface area is 152 Å². The molecule has 6 heteroatoms. The van der Waals surface area contributed by atoms with Crippen molar-refractivity contribution in [3.63, 3.8) is 0 Å². The normalized spacial score (nSPS) is 11.7. The van der Waals surface area contributed by atoms with E-state index in [-0.39, 0.29) is 18.1 Å². The summed E-state index contributed by atoms with van der Waals surface area (Å²) in [6, 6.07) is 12.9. The third-order valence-electron chi connectivity index (χ3n) is 3.68. The lowest BCUT2D eigenvalue weighted by molar-refractivity contribution is -0.139. The van der Waals surface area contributed by atoms with E-state index in [4.69, 9.17) is 9.47 Å². The van der Waals surface area contributed by atoms with Crippen LogP contribution in [0.5, 0.6) is 11.5 Å². The van der Waals surface area contributed by atoms with Crippen molar-refractivity contribution in [3.8, 4) is 11.5 Å². The zero-order chi connectivity index (χ0) is 19.1. The highest BCUT2D eigenvalue weighted by Crippen LogP contribution is 2.26. The first-order valence-electron chi connectivity index (χ1n) is 8.33. The number of carboxylic acids is 1. The first-order chi connectivity index (χ1) is 12.4. The molecular formula is C20H23NO5. The highest BCUT2D eigenvalue weighted by Gasteiger charge is 2.23. The van der Waals surface area contributed by atoms with Crippen molar-refractivity contribution in [3.05, 3.63) is 59.7 Å². The van der Waals surface area contributed by atoms with Crippen molar-refractivity contribution in [2.45, 2.75) is 32.4 Å². The van der Waals surface area contributed by atoms with Crippen LogP contribution in [0.2, 0.25) is 0 Å². The second kappa shape index (κ2) is 8.89. The Balaban J connectivity index is 2.22. The van der Waals surface area contributed by atoms with Gasteiger partial charge >= 0.3 is 5.97 Å². The standard InChI is InChI=1S/C20H23NO5/c1-13(2)26-18-12-15(25-3)9-10-16(18)19(22)21-17(20(23)24)11-14-7-5-4-6-8-14/h4-10,12-13,17H,11H2,1-3H3,(H,21,22)(H,23,24). The summed E-state index contributed by atoms with van der Waals surface area (Å²) in [7, 11) is 1.52. The number of hydrogen-bond acceptors (Lipinski definition) is 4. The van der Waals surface area contributed by atoms with Gasteiger partial charge in [0.1, 0.15) is 17.5 Å². The number of benzene rings is 2. The van der Waals surface area contributed by atoms with Crippen molar-refractivity contribution in [2.24, 2.45) is 0 Å². The van der Waals surface area contributed by atoms with Gasteiger partial charge in [-0.3, -0.25) is 4.79 Å². The van der Waals surface area contributed by atoms with E-state index >= 15 is 0 Å². The molecule has 0 saturated heterocycles. The monoisotopic (exact) mass is 357 g/mol. The first kappa shape index (κ1) is 19.3. The molecule has 138 valence electrons. The molecule has 0 bridgehead atoms. The second-order valence-corrected chi connectivity index (χ2v) is 6.08. The number of amides is 1. The van der Waals surface area contributed by atoms with Gasteiger partial charge in [-0.05, 0) is 31.5 Å². The first-order valence-corrected chi connectivity index (χ1v) is 8.33. The fourth-order valence-corrected chi connectivity index (χ4v) is 2.45. The lowest BCUT2D eigenvalue weighted by Gasteiger charge is -2.18. The average molecular weight is 357 g/mol. The molecule has 6 nitrogen and oxygen atoms in total. The molecule has 0 heterocycles. The van der Waals surface area contributed by atoms with Gasteiger partial charge in [0, 0.05) is 12.5 Å². The van der Waals surface area contributed by atoms with Crippen molar-refractivity contribution >= 4 is 11.9 Å². The topological polar surface area (TPSA) is 84.9 Å². The third-order valence-corrected chi connectivity index (χ3v) is 3.68. The molecule has 0 fully saturated rings. The number of carbonyl (C=O) groups is 2. The zero-order valence-corrected chi connectivity index (χ0v) is 15.1. The van der Waals surface area contributed by atoms with Crippen LogP contribution in [-0.2, 0) is 11.2 Å². The molecule has 0 aliphatic carbocycles. The summed E-state index contributed by atoms with van der Waals surface area (Å²) in [5.74, 6) is -0.703. The molecule has 2 aromatic carbocycles. The van der Waals surface area contributed by atoms with Crippen LogP contribution < -0.4 is 14.8 Å². The number of hydrogen-bond donors (Lipinski definition) is 2. The maximum Gasteiger partial charge on any atom is 0.326 e. The SMILES string of the molecule is COc1ccc(C(=O)NC(Cc2ccccc2)C(=O)O)c(OC(C)C)c1. The van der Waals surface area contributed by atoms with Gasteiger partial charge in [0.2, 0.25) is 0 Å². The summed E-state index contributed by atoms with van der Waals surface area (Å²) < 4.78 is 10.8. The second-order valence-electron chi connectivity index (χ2n) is 6.08. The van der Waals surface area contributed by atoms with Crippen LogP contribution in [-0.4, -0.2) is 36.2 Å². The minimum atomic E-state index is -1.10. The van der Waals surface area contributed by atoms with Gasteiger partial charge < -0.3 is 19.9 Å². The predicted molar refractivity (Wildman–Crippen MR) is 97.8 cm³/mol. The molecule has 0 aliphatic heterocycles. The largest absolute Gasteiger partial charge is 0.497 e. The van der Waals surface area contributed by atoms with Crippen molar-refractivity contribution in [2.75, 3.05) is 7.11 Å². The van der Waals surface area contributed by atoms with E-state index in [1.807, 2.05) is 44.2 Å². The molecule has 0 radical (unpaired) electrons. The van der Waals surface area contributed by atoms with Crippen LogP contribution in [0, 0.1) is 0 Å². The quantitative estimate of drug-likeness (QED) is 0.759. The summed E-state index contributed by atoms with van der Waals surface area (Å²) in [5.41, 5.74) is 1.09. The zero-order valence-electron chi connectivity index (χ0n) is 15.1. The van der Waals surface area contributed by atoms with Gasteiger partial charge in [-0.15, -0.1) is 0 Å². The van der Waals surface area contributed by atoms with Gasteiger partial charge in [-0.2, -0.15) is 0 Å². The summed E-state index contributed by atoms with van der Waals surface area (Å²) in [5, 5.41) is 12.0. The fourth-order valence-electron chi connectivity index (χ4n) is 2.45. The van der Waals surface area contributed by atoms with E-state index in [2.05, 4.69) is 5.32 Å². The lowest BCUT2D eigenvalue weighted by atomic mass is 10.1. The summed E-state index contributed by atoms with van der Waals surface area (Å²) >= 11 is 0. The van der Waals surface area contributed by atoms with Crippen molar-refractivity contribution < 1.29 is 24.2 Å². The smallest absolute Gasteiger partial charge is 0.326 e. The van der Waals surface area contributed by atoms with Crippen LogP contribution in [0.1, 0.15) is 29.8 Å². The highest BCUT2D eigenvalue weighted by atomic mass is 16.5. The maximum atomic E-state index is 12.7. The minimum Gasteiger partial charge on any atom is -0.497 e. The lowest BCUT2D eigenvalue weighted by Crippen LogP contribution is -2.42. The van der Waals surface area contributed by atoms with E-state index in [1.54, 1.807) is 18.2 Å². The fraction of sp³-hybridized carbons (Fsp3) is 0.300. The molecule has 1 atom stereocenters. The average Bonchev–Trinajstić information content (AvgIpc) is 2.61. The Kier molecular flexibility index (Phi) is 6.60. The molecule has 2 rings (SSSR count). The van der Waals surface area contributed by atoms with Gasteiger partial charge in [0.25, 0.3) is 5.91 Å². The van der Waals surface area contributed by atoms with Gasteiger partial charge in [0.05, 0.1) is 18.8 Å². The van der Waals surface area contributed by atoms with Crippen LogP contribution in [0.15, 0.2) is 48.5 Å². The van der Waals surface area contributed by atoms with Crippen LogP contribution in [0.4, 0.5) is 0 Å². The maximum absolute atomic E-state index is 12.7. The summed E-state index contributed by atoms with van der Waals surface area (Å²) in [6.07, 6.45) is 0.0478. The Morgan fingerprint density at radius 3 is 2.38 bits per heavy atom. The molecule has 2 aromatic rings. The Morgan fingerprint density at radius 2 is 1.81 bits per heavy atom. The van der Waals surface area contributed by atoms with E-state index in [9.17, 15) is 14.7 Å². The Hall–Kier alpha value is -3.02. The molecule has 26 heavy (non-hydrogen) atoms. The van der Waals surface area contributed by atoms with Crippen molar-refractivity contribution in [1.29, 1.82) is 0 Å². The number of carboxylic acid groups (broad SMARTS) is 1. The van der Waals surface area contributed by atoms with E-state index in [0.717, 1.165) is 5.56 Å². The number of ether oxygens (including phenoxy) is 2. The molecular weight excluding hydrogens is 334 g/mol. The number of rotatable bonds is 8. The molecule has 0 saturated carbocycles. The number of methoxy groups -OCH3 is 1. The minimum absolute atomic E-state index is 0.145. The van der Waals surface area contributed by atoms with Crippen LogP contribution >= 0.6 is 0 Å².